The summed E-state index contributed by atoms with van der Waals surface area (Å²) in [6, 6.07) is 10.2. The number of rotatable bonds is 4. The zero-order valence-corrected chi connectivity index (χ0v) is 19.9. The second-order valence-electron chi connectivity index (χ2n) is 7.66. The predicted octanol–water partition coefficient (Wildman–Crippen LogP) is 2.41. The first-order chi connectivity index (χ1) is 14.8. The summed E-state index contributed by atoms with van der Waals surface area (Å²) in [6.45, 7) is 4.89. The van der Waals surface area contributed by atoms with Gasteiger partial charge < -0.3 is 9.80 Å². The minimum atomic E-state index is -3.56. The lowest BCUT2D eigenvalue weighted by Crippen LogP contribution is -2.55. The van der Waals surface area contributed by atoms with Crippen molar-refractivity contribution in [1.82, 2.24) is 14.1 Å². The van der Waals surface area contributed by atoms with Crippen LogP contribution in [0.5, 0.6) is 0 Å². The molecular formula is C21H25N3O4S3. The Morgan fingerprint density at radius 1 is 1.03 bits per heavy atom. The SMILES string of the molecule is Cc1cc(S(=O)(=O)N2CCN(C(=O)C3CSCN3C(=O)c3ccccc3)CC2)c(C)s1. The van der Waals surface area contributed by atoms with E-state index in [2.05, 4.69) is 0 Å². The van der Waals surface area contributed by atoms with Gasteiger partial charge in [-0.2, -0.15) is 4.31 Å². The fourth-order valence-corrected chi connectivity index (χ4v) is 8.05. The molecule has 7 nitrogen and oxygen atoms in total. The highest BCUT2D eigenvalue weighted by molar-refractivity contribution is 7.99. The van der Waals surface area contributed by atoms with Crippen molar-refractivity contribution in [3.63, 3.8) is 0 Å². The Hall–Kier alpha value is -1.88. The van der Waals surface area contributed by atoms with Gasteiger partial charge in [-0.05, 0) is 32.0 Å². The second-order valence-corrected chi connectivity index (χ2v) is 12.0. The Kier molecular flexibility index (Phi) is 6.43. The van der Waals surface area contributed by atoms with Crippen molar-refractivity contribution >= 4 is 44.9 Å². The van der Waals surface area contributed by atoms with Gasteiger partial charge in [0.15, 0.2) is 0 Å². The van der Waals surface area contributed by atoms with E-state index in [1.807, 2.05) is 32.0 Å². The van der Waals surface area contributed by atoms with Crippen LogP contribution < -0.4 is 0 Å². The van der Waals surface area contributed by atoms with Gasteiger partial charge in [0.25, 0.3) is 5.91 Å². The maximum atomic E-state index is 13.2. The van der Waals surface area contributed by atoms with Crippen molar-refractivity contribution < 1.29 is 18.0 Å². The number of hydrogen-bond donors (Lipinski definition) is 0. The number of piperazine rings is 1. The van der Waals surface area contributed by atoms with E-state index >= 15 is 0 Å². The van der Waals surface area contributed by atoms with Gasteiger partial charge in [-0.15, -0.1) is 23.1 Å². The summed E-state index contributed by atoms with van der Waals surface area (Å²) in [4.78, 5) is 31.5. The third-order valence-corrected chi connectivity index (χ3v) is 9.74. The maximum absolute atomic E-state index is 13.2. The summed E-state index contributed by atoms with van der Waals surface area (Å²) in [5.41, 5.74) is 0.570. The number of hydrogen-bond acceptors (Lipinski definition) is 6. The lowest BCUT2D eigenvalue weighted by Gasteiger charge is -2.36. The third-order valence-electron chi connectivity index (χ3n) is 5.61. The van der Waals surface area contributed by atoms with Crippen molar-refractivity contribution in [3.8, 4) is 0 Å². The minimum Gasteiger partial charge on any atom is -0.338 e. The number of thiophene rings is 1. The molecule has 3 heterocycles. The van der Waals surface area contributed by atoms with Crippen molar-refractivity contribution in [3.05, 3.63) is 51.7 Å². The third kappa shape index (κ3) is 4.39. The molecule has 2 aromatic rings. The van der Waals surface area contributed by atoms with Gasteiger partial charge in [-0.1, -0.05) is 18.2 Å². The summed E-state index contributed by atoms with van der Waals surface area (Å²) < 4.78 is 27.5. The highest BCUT2D eigenvalue weighted by Crippen LogP contribution is 2.29. The molecule has 0 N–H and O–H groups in total. The molecule has 2 amide bonds. The maximum Gasteiger partial charge on any atom is 0.255 e. The molecular weight excluding hydrogens is 454 g/mol. The number of carbonyl (C=O) groups is 2. The molecule has 2 saturated heterocycles. The lowest BCUT2D eigenvalue weighted by atomic mass is 10.1. The van der Waals surface area contributed by atoms with Crippen LogP contribution in [0.1, 0.15) is 20.1 Å². The van der Waals surface area contributed by atoms with Crippen LogP contribution in [-0.4, -0.2) is 78.2 Å². The van der Waals surface area contributed by atoms with Crippen LogP contribution in [0.2, 0.25) is 0 Å². The van der Waals surface area contributed by atoms with E-state index in [0.29, 0.717) is 35.2 Å². The Balaban J connectivity index is 1.42. The second kappa shape index (κ2) is 8.93. The zero-order valence-electron chi connectivity index (χ0n) is 17.5. The van der Waals surface area contributed by atoms with E-state index in [9.17, 15) is 18.0 Å². The number of benzene rings is 1. The highest BCUT2D eigenvalue weighted by Gasteiger charge is 2.39. The van der Waals surface area contributed by atoms with E-state index in [-0.39, 0.29) is 24.9 Å². The molecule has 1 atom stereocenters. The normalized spacial score (nSPS) is 20.3. The molecule has 1 unspecified atom stereocenters. The number of thioether (sulfide) groups is 1. The number of nitrogens with zero attached hydrogens (tertiary/aromatic N) is 3. The molecule has 0 spiro atoms. The van der Waals surface area contributed by atoms with Crippen LogP contribution >= 0.6 is 23.1 Å². The van der Waals surface area contributed by atoms with Gasteiger partial charge in [0.2, 0.25) is 15.9 Å². The van der Waals surface area contributed by atoms with Crippen molar-refractivity contribution in [2.75, 3.05) is 37.8 Å². The summed E-state index contributed by atoms with van der Waals surface area (Å²) in [7, 11) is -3.56. The Bertz CT molecular complexity index is 1080. The molecule has 166 valence electrons. The first kappa shape index (κ1) is 22.3. The topological polar surface area (TPSA) is 78.0 Å². The molecule has 1 aromatic carbocycles. The lowest BCUT2D eigenvalue weighted by molar-refractivity contribution is -0.136. The Labute approximate surface area is 191 Å². The Morgan fingerprint density at radius 2 is 1.71 bits per heavy atom. The van der Waals surface area contributed by atoms with Gasteiger partial charge in [-0.3, -0.25) is 9.59 Å². The molecule has 2 aliphatic rings. The standard InChI is InChI=1S/C21H25N3O4S3/c1-15-12-19(16(2)30-15)31(27,28)23-10-8-22(9-11-23)21(26)18-13-29-14-24(18)20(25)17-6-4-3-5-7-17/h3-7,12,18H,8-11,13-14H2,1-2H3. The van der Waals surface area contributed by atoms with Gasteiger partial charge in [-0.25, -0.2) is 8.42 Å². The molecule has 0 saturated carbocycles. The summed E-state index contributed by atoms with van der Waals surface area (Å²) in [6.07, 6.45) is 0. The number of carbonyl (C=O) groups excluding carboxylic acids is 2. The monoisotopic (exact) mass is 479 g/mol. The quantitative estimate of drug-likeness (QED) is 0.673. The summed E-state index contributed by atoms with van der Waals surface area (Å²) in [5, 5.41) is 0. The molecule has 0 aliphatic carbocycles. The van der Waals surface area contributed by atoms with Gasteiger partial charge in [0.05, 0.1) is 10.8 Å². The van der Waals surface area contributed by atoms with Crippen LogP contribution in [0.25, 0.3) is 0 Å². The van der Waals surface area contributed by atoms with Gasteiger partial charge >= 0.3 is 0 Å². The average Bonchev–Trinajstić information content (AvgIpc) is 3.40. The van der Waals surface area contributed by atoms with Crippen molar-refractivity contribution in [2.24, 2.45) is 0 Å². The van der Waals surface area contributed by atoms with E-state index in [1.54, 1.807) is 39.8 Å². The van der Waals surface area contributed by atoms with Crippen LogP contribution in [0.4, 0.5) is 0 Å². The van der Waals surface area contributed by atoms with Crippen LogP contribution in [-0.2, 0) is 14.8 Å². The molecule has 2 fully saturated rings. The van der Waals surface area contributed by atoms with Gasteiger partial charge in [0.1, 0.15) is 6.04 Å². The fraction of sp³-hybridized carbons (Fsp3) is 0.429. The Morgan fingerprint density at radius 3 is 2.32 bits per heavy atom. The van der Waals surface area contributed by atoms with E-state index in [4.69, 9.17) is 0 Å². The molecule has 0 radical (unpaired) electrons. The zero-order chi connectivity index (χ0) is 22.2. The number of aryl methyl sites for hydroxylation is 2. The van der Waals surface area contributed by atoms with Crippen LogP contribution in [0.15, 0.2) is 41.3 Å². The molecule has 0 bridgehead atoms. The largest absolute Gasteiger partial charge is 0.338 e. The van der Waals surface area contributed by atoms with Crippen LogP contribution in [0, 0.1) is 13.8 Å². The first-order valence-corrected chi connectivity index (χ1v) is 13.5. The molecule has 10 heteroatoms. The van der Waals surface area contributed by atoms with Crippen LogP contribution in [0.3, 0.4) is 0 Å². The first-order valence-electron chi connectivity index (χ1n) is 10.1. The summed E-state index contributed by atoms with van der Waals surface area (Å²) in [5.74, 6) is 0.792. The smallest absolute Gasteiger partial charge is 0.255 e. The molecule has 1 aromatic heterocycles. The fourth-order valence-electron chi connectivity index (χ4n) is 3.96. The minimum absolute atomic E-state index is 0.103. The number of sulfonamides is 1. The number of amides is 2. The highest BCUT2D eigenvalue weighted by atomic mass is 32.2. The summed E-state index contributed by atoms with van der Waals surface area (Å²) >= 11 is 3.04. The van der Waals surface area contributed by atoms with Crippen molar-refractivity contribution in [1.29, 1.82) is 0 Å². The van der Waals surface area contributed by atoms with E-state index in [0.717, 1.165) is 9.75 Å². The van der Waals surface area contributed by atoms with E-state index in [1.165, 1.54) is 15.6 Å². The van der Waals surface area contributed by atoms with Gasteiger partial charge in [0, 0.05) is 47.2 Å². The van der Waals surface area contributed by atoms with Crippen molar-refractivity contribution in [2.45, 2.75) is 24.8 Å². The molecule has 4 rings (SSSR count). The average molecular weight is 480 g/mol. The predicted molar refractivity (Wildman–Crippen MR) is 123 cm³/mol. The molecule has 31 heavy (non-hydrogen) atoms. The van der Waals surface area contributed by atoms with E-state index < -0.39 is 16.1 Å². The molecule has 2 aliphatic heterocycles.